The SMILES string of the molecule is CCNCC=Cc1cc(F)ccc1N(c1ccc2c(c1C(=O)O)OC[C@H]1C[C@@H]21)S(=O)[O-]. The third-order valence-corrected chi connectivity index (χ3v) is 6.22. The van der Waals surface area contributed by atoms with Crippen LogP contribution in [0.3, 0.4) is 0 Å². The van der Waals surface area contributed by atoms with Gasteiger partial charge in [0.1, 0.15) is 17.1 Å². The topological polar surface area (TPSA) is 102 Å². The van der Waals surface area contributed by atoms with E-state index in [0.717, 1.165) is 28.9 Å². The Labute approximate surface area is 181 Å². The molecule has 0 saturated heterocycles. The number of carboxylic acids is 1. The number of carbonyl (C=O) groups is 1. The Morgan fingerprint density at radius 2 is 2.16 bits per heavy atom. The molecule has 9 heteroatoms. The van der Waals surface area contributed by atoms with Crippen LogP contribution in [0.2, 0.25) is 0 Å². The average molecular weight is 445 g/mol. The minimum Gasteiger partial charge on any atom is -0.755 e. The molecule has 2 aromatic rings. The molecule has 1 fully saturated rings. The summed E-state index contributed by atoms with van der Waals surface area (Å²) in [4.78, 5) is 12.2. The molecule has 1 aliphatic heterocycles. The van der Waals surface area contributed by atoms with E-state index in [1.807, 2.05) is 6.92 Å². The first-order chi connectivity index (χ1) is 14.9. The van der Waals surface area contributed by atoms with Gasteiger partial charge in [-0.15, -0.1) is 0 Å². The molecular weight excluding hydrogens is 423 g/mol. The fraction of sp³-hybridized carbons (Fsp3) is 0.318. The molecule has 3 atom stereocenters. The number of hydrogen-bond donors (Lipinski definition) is 2. The van der Waals surface area contributed by atoms with Gasteiger partial charge in [0.15, 0.2) is 0 Å². The predicted molar refractivity (Wildman–Crippen MR) is 115 cm³/mol. The summed E-state index contributed by atoms with van der Waals surface area (Å²) in [5.41, 5.74) is 0.980. The maximum absolute atomic E-state index is 13.9. The number of aromatic carboxylic acids is 1. The number of anilines is 2. The molecule has 0 spiro atoms. The Morgan fingerprint density at radius 1 is 1.39 bits per heavy atom. The number of nitrogens with one attached hydrogen (secondary N) is 1. The van der Waals surface area contributed by atoms with Crippen LogP contribution in [0, 0.1) is 11.7 Å². The van der Waals surface area contributed by atoms with Gasteiger partial charge in [0.05, 0.1) is 29.2 Å². The Morgan fingerprint density at radius 3 is 2.87 bits per heavy atom. The van der Waals surface area contributed by atoms with Crippen LogP contribution >= 0.6 is 0 Å². The van der Waals surface area contributed by atoms with Gasteiger partial charge in [0.2, 0.25) is 0 Å². The van der Waals surface area contributed by atoms with Crippen molar-refractivity contribution in [1.82, 2.24) is 5.32 Å². The van der Waals surface area contributed by atoms with Gasteiger partial charge in [-0.3, -0.25) is 8.51 Å². The van der Waals surface area contributed by atoms with Gasteiger partial charge in [-0.25, -0.2) is 9.18 Å². The maximum atomic E-state index is 13.9. The number of nitrogens with zero attached hydrogens (tertiary/aromatic N) is 1. The van der Waals surface area contributed by atoms with Gasteiger partial charge in [0, 0.05) is 18.0 Å². The summed E-state index contributed by atoms with van der Waals surface area (Å²) in [6.45, 7) is 3.62. The minimum absolute atomic E-state index is 0.0494. The Bertz CT molecular complexity index is 1070. The molecule has 7 nitrogen and oxygen atoms in total. The van der Waals surface area contributed by atoms with Crippen molar-refractivity contribution in [3.05, 3.63) is 58.9 Å². The van der Waals surface area contributed by atoms with Gasteiger partial charge >= 0.3 is 5.97 Å². The molecule has 164 valence electrons. The van der Waals surface area contributed by atoms with Crippen LogP contribution in [0.25, 0.3) is 6.08 Å². The van der Waals surface area contributed by atoms with Gasteiger partial charge in [-0.05, 0) is 48.7 Å². The van der Waals surface area contributed by atoms with Crippen LogP contribution < -0.4 is 14.4 Å². The summed E-state index contributed by atoms with van der Waals surface area (Å²) >= 11 is -2.86. The van der Waals surface area contributed by atoms with Crippen LogP contribution in [-0.2, 0) is 11.3 Å². The van der Waals surface area contributed by atoms with E-state index in [2.05, 4.69) is 5.32 Å². The summed E-state index contributed by atoms with van der Waals surface area (Å²) in [5.74, 6) is -0.971. The number of rotatable bonds is 8. The Hall–Kier alpha value is -2.75. The van der Waals surface area contributed by atoms with Crippen molar-refractivity contribution in [2.24, 2.45) is 5.92 Å². The molecule has 1 aliphatic carbocycles. The summed E-state index contributed by atoms with van der Waals surface area (Å²) in [6, 6.07) is 6.88. The number of ether oxygens (including phenoxy) is 1. The molecule has 1 unspecified atom stereocenters. The monoisotopic (exact) mass is 445 g/mol. The van der Waals surface area contributed by atoms with Crippen molar-refractivity contribution in [1.29, 1.82) is 0 Å². The highest BCUT2D eigenvalue weighted by atomic mass is 32.2. The van der Waals surface area contributed by atoms with E-state index in [9.17, 15) is 23.1 Å². The highest BCUT2D eigenvalue weighted by molar-refractivity contribution is 7.81. The van der Waals surface area contributed by atoms with Crippen molar-refractivity contribution in [2.75, 3.05) is 24.0 Å². The zero-order valence-corrected chi connectivity index (χ0v) is 17.7. The lowest BCUT2D eigenvalue weighted by molar-refractivity contribution is 0.0692. The highest BCUT2D eigenvalue weighted by Crippen LogP contribution is 2.56. The molecule has 4 rings (SSSR count). The Balaban J connectivity index is 1.84. The van der Waals surface area contributed by atoms with Gasteiger partial charge < -0.3 is 19.7 Å². The fourth-order valence-electron chi connectivity index (χ4n) is 3.96. The lowest BCUT2D eigenvalue weighted by atomic mass is 9.99. The molecule has 0 amide bonds. The summed E-state index contributed by atoms with van der Waals surface area (Å²) in [5, 5.41) is 13.0. The number of likely N-dealkylation sites (N-methyl/N-ethyl adjacent to an activating group) is 1. The van der Waals surface area contributed by atoms with Crippen LogP contribution in [0.5, 0.6) is 5.75 Å². The van der Waals surface area contributed by atoms with Crippen LogP contribution in [-0.4, -0.2) is 39.5 Å². The molecule has 2 aromatic carbocycles. The van der Waals surface area contributed by atoms with Gasteiger partial charge in [-0.1, -0.05) is 25.1 Å². The first-order valence-corrected chi connectivity index (χ1v) is 11.0. The normalized spacial score (nSPS) is 20.0. The molecule has 2 N–H and O–H groups in total. The van der Waals surface area contributed by atoms with E-state index in [-0.39, 0.29) is 28.6 Å². The molecule has 2 aliphatic rings. The van der Waals surface area contributed by atoms with E-state index >= 15 is 0 Å². The summed E-state index contributed by atoms with van der Waals surface area (Å²) < 4.78 is 45.1. The quantitative estimate of drug-likeness (QED) is 0.476. The van der Waals surface area contributed by atoms with Crippen LogP contribution in [0.4, 0.5) is 15.8 Å². The second-order valence-corrected chi connectivity index (χ2v) is 8.32. The van der Waals surface area contributed by atoms with Crippen molar-refractivity contribution >= 4 is 34.7 Å². The van der Waals surface area contributed by atoms with Crippen LogP contribution in [0.15, 0.2) is 36.4 Å². The zero-order valence-electron chi connectivity index (χ0n) is 16.8. The largest absolute Gasteiger partial charge is 0.755 e. The number of halogens is 1. The number of benzene rings is 2. The molecule has 1 heterocycles. The second kappa shape index (κ2) is 8.78. The lowest BCUT2D eigenvalue weighted by Gasteiger charge is -2.31. The van der Waals surface area contributed by atoms with Crippen molar-refractivity contribution in [2.45, 2.75) is 19.3 Å². The molecule has 31 heavy (non-hydrogen) atoms. The van der Waals surface area contributed by atoms with Gasteiger partial charge in [0.25, 0.3) is 0 Å². The number of fused-ring (bicyclic) bond motifs is 3. The van der Waals surface area contributed by atoms with E-state index in [0.29, 0.717) is 24.6 Å². The predicted octanol–water partition coefficient (Wildman–Crippen LogP) is 3.57. The molecule has 1 saturated carbocycles. The third kappa shape index (κ3) is 4.21. The van der Waals surface area contributed by atoms with E-state index in [1.165, 1.54) is 18.2 Å². The van der Waals surface area contributed by atoms with E-state index in [4.69, 9.17) is 4.74 Å². The third-order valence-electron chi connectivity index (χ3n) is 5.53. The zero-order chi connectivity index (χ0) is 22.1. The molecular formula is C22H22FN2O5S-. The van der Waals surface area contributed by atoms with Gasteiger partial charge in [-0.2, -0.15) is 0 Å². The Kier molecular flexibility index (Phi) is 6.08. The number of hydrogen-bond acceptors (Lipinski definition) is 5. The smallest absolute Gasteiger partial charge is 0.341 e. The first-order valence-electron chi connectivity index (χ1n) is 10.0. The molecule has 0 radical (unpaired) electrons. The lowest BCUT2D eigenvalue weighted by Crippen LogP contribution is -2.24. The van der Waals surface area contributed by atoms with E-state index in [1.54, 1.807) is 18.2 Å². The van der Waals surface area contributed by atoms with E-state index < -0.39 is 23.1 Å². The minimum atomic E-state index is -2.86. The first kappa shape index (κ1) is 21.5. The van der Waals surface area contributed by atoms with Crippen molar-refractivity contribution in [3.8, 4) is 5.75 Å². The standard InChI is InChI=1S/C22H23FN2O5S/c1-2-24-9-3-4-13-10-15(23)5-7-18(13)25(31(28)29)19-8-6-16-17-11-14(17)12-30-21(16)20(19)22(26)27/h3-8,10,14,17,24H,2,9,11-12H2,1H3,(H,26,27)(H,28,29)/p-1/t14-,17-/m1/s1. The highest BCUT2D eigenvalue weighted by Gasteiger charge is 2.45. The van der Waals surface area contributed by atoms with Crippen molar-refractivity contribution in [3.63, 3.8) is 0 Å². The fourth-order valence-corrected chi connectivity index (χ4v) is 4.60. The number of carboxylic acid groups (broad SMARTS) is 1. The van der Waals surface area contributed by atoms with Crippen LogP contribution in [0.1, 0.15) is 40.7 Å². The molecule has 0 bridgehead atoms. The second-order valence-electron chi connectivity index (χ2n) is 7.52. The average Bonchev–Trinajstić information content (AvgIpc) is 3.52. The maximum Gasteiger partial charge on any atom is 0.341 e. The molecule has 0 aromatic heterocycles. The summed E-state index contributed by atoms with van der Waals surface area (Å²) in [7, 11) is 0. The summed E-state index contributed by atoms with van der Waals surface area (Å²) in [6.07, 6.45) is 4.28. The van der Waals surface area contributed by atoms with Crippen molar-refractivity contribution < 1.29 is 27.8 Å².